The number of amides is 1. The van der Waals surface area contributed by atoms with Crippen molar-refractivity contribution in [2.45, 2.75) is 41.5 Å². The predicted octanol–water partition coefficient (Wildman–Crippen LogP) is 6.43. The molecule has 2 heterocycles. The Morgan fingerprint density at radius 2 is 1.75 bits per heavy atom. The molecule has 1 aliphatic rings. The Morgan fingerprint density at radius 3 is 2.42 bits per heavy atom. The van der Waals surface area contributed by atoms with Crippen molar-refractivity contribution in [3.05, 3.63) is 86.6 Å². The Bertz CT molecular complexity index is 1410. The maximum absolute atomic E-state index is 13.1. The molecule has 186 valence electrons. The summed E-state index contributed by atoms with van der Waals surface area (Å²) in [5.41, 5.74) is 8.59. The van der Waals surface area contributed by atoms with Crippen LogP contribution in [0.4, 0.5) is 5.69 Å². The van der Waals surface area contributed by atoms with Crippen LogP contribution >= 0.6 is 11.8 Å². The van der Waals surface area contributed by atoms with Gasteiger partial charge in [0, 0.05) is 24.1 Å². The number of rotatable bonds is 5. The largest absolute Gasteiger partial charge is 0.462 e. The minimum Gasteiger partial charge on any atom is -0.462 e. The highest BCUT2D eigenvalue weighted by molar-refractivity contribution is 8.18. The van der Waals surface area contributed by atoms with Crippen LogP contribution in [0, 0.1) is 34.6 Å². The summed E-state index contributed by atoms with van der Waals surface area (Å²) >= 11 is 1.39. The van der Waals surface area contributed by atoms with E-state index in [2.05, 4.69) is 29.7 Å². The molecule has 36 heavy (non-hydrogen) atoms. The first-order valence-electron chi connectivity index (χ1n) is 11.9. The van der Waals surface area contributed by atoms with Crippen molar-refractivity contribution in [1.82, 2.24) is 9.47 Å². The summed E-state index contributed by atoms with van der Waals surface area (Å²) < 4.78 is 7.23. The lowest BCUT2D eigenvalue weighted by molar-refractivity contribution is -0.121. The molecule has 3 aromatic rings. The molecule has 4 rings (SSSR count). The van der Waals surface area contributed by atoms with Crippen molar-refractivity contribution in [2.75, 3.05) is 13.7 Å². The topological polar surface area (TPSA) is 63.9 Å². The maximum atomic E-state index is 13.1. The van der Waals surface area contributed by atoms with Gasteiger partial charge in [0.15, 0.2) is 5.17 Å². The van der Waals surface area contributed by atoms with E-state index >= 15 is 0 Å². The van der Waals surface area contributed by atoms with Crippen molar-refractivity contribution in [2.24, 2.45) is 4.99 Å². The van der Waals surface area contributed by atoms with Gasteiger partial charge in [-0.3, -0.25) is 9.69 Å². The zero-order chi connectivity index (χ0) is 26.1. The van der Waals surface area contributed by atoms with E-state index in [1.54, 1.807) is 24.9 Å². The van der Waals surface area contributed by atoms with E-state index in [1.807, 2.05) is 52.0 Å². The molecule has 7 heteroatoms. The molecular formula is C29H31N3O3S. The number of carbonyl (C=O) groups excluding carboxylic acids is 2. The van der Waals surface area contributed by atoms with E-state index in [-0.39, 0.29) is 11.9 Å². The Morgan fingerprint density at radius 1 is 1.06 bits per heavy atom. The molecule has 0 atom stereocenters. The van der Waals surface area contributed by atoms with Crippen LogP contribution in [0.15, 0.2) is 52.4 Å². The summed E-state index contributed by atoms with van der Waals surface area (Å²) in [4.78, 5) is 32.4. The highest BCUT2D eigenvalue weighted by Gasteiger charge is 2.31. The summed E-state index contributed by atoms with van der Waals surface area (Å²) in [6, 6.07) is 13.7. The number of aliphatic imine (C=N–C) groups is 1. The fourth-order valence-corrected chi connectivity index (χ4v) is 5.52. The molecule has 1 aliphatic heterocycles. The lowest BCUT2D eigenvalue weighted by atomic mass is 10.1. The molecule has 1 saturated heterocycles. The van der Waals surface area contributed by atoms with Gasteiger partial charge in [0.05, 0.1) is 22.8 Å². The number of amidine groups is 1. The van der Waals surface area contributed by atoms with E-state index in [0.717, 1.165) is 39.5 Å². The number of aryl methyl sites for hydroxylation is 4. The minimum atomic E-state index is -0.342. The average Bonchev–Trinajstić information content (AvgIpc) is 3.25. The number of benzene rings is 2. The maximum Gasteiger partial charge on any atom is 0.338 e. The van der Waals surface area contributed by atoms with E-state index in [0.29, 0.717) is 22.2 Å². The number of aromatic nitrogens is 1. The summed E-state index contributed by atoms with van der Waals surface area (Å²) in [7, 11) is 1.76. The second-order valence-electron chi connectivity index (χ2n) is 9.05. The molecule has 1 amide bonds. The van der Waals surface area contributed by atoms with Gasteiger partial charge in [-0.05, 0) is 100 Å². The first-order chi connectivity index (χ1) is 17.1. The van der Waals surface area contributed by atoms with E-state index in [4.69, 9.17) is 9.73 Å². The fourth-order valence-electron chi connectivity index (χ4n) is 4.55. The Balaban J connectivity index is 1.68. The van der Waals surface area contributed by atoms with Gasteiger partial charge in [0.25, 0.3) is 5.91 Å². The Labute approximate surface area is 216 Å². The van der Waals surface area contributed by atoms with Crippen LogP contribution in [0.5, 0.6) is 0 Å². The molecule has 0 unspecified atom stereocenters. The third kappa shape index (κ3) is 4.88. The van der Waals surface area contributed by atoms with Crippen LogP contribution in [-0.4, -0.2) is 40.2 Å². The fraction of sp³-hybridized carbons (Fsp3) is 0.276. The van der Waals surface area contributed by atoms with Gasteiger partial charge < -0.3 is 9.30 Å². The zero-order valence-corrected chi connectivity index (χ0v) is 22.6. The van der Waals surface area contributed by atoms with Crippen molar-refractivity contribution >= 4 is 40.6 Å². The zero-order valence-electron chi connectivity index (χ0n) is 21.8. The van der Waals surface area contributed by atoms with Crippen molar-refractivity contribution in [3.63, 3.8) is 0 Å². The van der Waals surface area contributed by atoms with Crippen molar-refractivity contribution in [3.8, 4) is 5.69 Å². The van der Waals surface area contributed by atoms with Crippen LogP contribution in [-0.2, 0) is 9.53 Å². The number of likely N-dealkylation sites (N-methyl/N-ethyl adjacent to an activating group) is 1. The number of carbonyl (C=O) groups is 2. The molecule has 1 fully saturated rings. The second-order valence-corrected chi connectivity index (χ2v) is 10.1. The lowest BCUT2D eigenvalue weighted by Crippen LogP contribution is -2.23. The molecule has 1 aromatic heterocycles. The van der Waals surface area contributed by atoms with Gasteiger partial charge in [0.2, 0.25) is 0 Å². The van der Waals surface area contributed by atoms with E-state index < -0.39 is 0 Å². The molecular weight excluding hydrogens is 470 g/mol. The third-order valence-corrected chi connectivity index (χ3v) is 7.28. The number of nitrogens with zero attached hydrogens (tertiary/aromatic N) is 3. The molecule has 0 bridgehead atoms. The monoisotopic (exact) mass is 501 g/mol. The molecule has 0 aliphatic carbocycles. The van der Waals surface area contributed by atoms with Crippen LogP contribution in [0.1, 0.15) is 50.9 Å². The molecule has 0 N–H and O–H groups in total. The van der Waals surface area contributed by atoms with Crippen LogP contribution in [0.3, 0.4) is 0 Å². The minimum absolute atomic E-state index is 0.0738. The van der Waals surface area contributed by atoms with Crippen LogP contribution in [0.2, 0.25) is 0 Å². The van der Waals surface area contributed by atoms with Gasteiger partial charge in [-0.25, -0.2) is 9.79 Å². The first-order valence-corrected chi connectivity index (χ1v) is 12.7. The third-order valence-electron chi connectivity index (χ3n) is 6.22. The molecule has 0 radical (unpaired) electrons. The molecule has 6 nitrogen and oxygen atoms in total. The number of ether oxygens (including phenoxy) is 1. The lowest BCUT2D eigenvalue weighted by Gasteiger charge is -2.11. The Kier molecular flexibility index (Phi) is 7.22. The predicted molar refractivity (Wildman–Crippen MR) is 147 cm³/mol. The summed E-state index contributed by atoms with van der Waals surface area (Å²) in [6.07, 6.45) is 1.93. The van der Waals surface area contributed by atoms with Crippen LogP contribution < -0.4 is 0 Å². The number of esters is 1. The summed E-state index contributed by atoms with van der Waals surface area (Å²) in [5, 5.41) is 0.664. The summed E-state index contributed by atoms with van der Waals surface area (Å²) in [6.45, 7) is 12.3. The number of hydrogen-bond donors (Lipinski definition) is 0. The van der Waals surface area contributed by atoms with Gasteiger partial charge in [-0.15, -0.1) is 0 Å². The second kappa shape index (κ2) is 10.2. The van der Waals surface area contributed by atoms with Gasteiger partial charge in [-0.2, -0.15) is 0 Å². The van der Waals surface area contributed by atoms with E-state index in [1.165, 1.54) is 17.3 Å². The van der Waals surface area contributed by atoms with Gasteiger partial charge >= 0.3 is 5.97 Å². The first kappa shape index (κ1) is 25.5. The molecule has 2 aromatic carbocycles. The quantitative estimate of drug-likeness (QED) is 0.299. The SMILES string of the molecule is CCOC(=O)c1cccc(-n2c(C)cc(/C=C3\SC(=Nc4c(C)cc(C)cc4C)N(C)C3=O)c2C)c1. The molecule has 0 spiro atoms. The molecule has 0 saturated carbocycles. The smallest absolute Gasteiger partial charge is 0.338 e. The van der Waals surface area contributed by atoms with Crippen molar-refractivity contribution in [1.29, 1.82) is 0 Å². The van der Waals surface area contributed by atoms with Gasteiger partial charge in [-0.1, -0.05) is 23.8 Å². The van der Waals surface area contributed by atoms with Crippen molar-refractivity contribution < 1.29 is 14.3 Å². The van der Waals surface area contributed by atoms with Crippen LogP contribution in [0.25, 0.3) is 11.8 Å². The standard InChI is InChI=1S/C29H31N3O3S/c1-8-35-28(34)22-10-9-11-24(15-22)32-20(5)14-23(21(32)6)16-25-27(33)31(7)29(36-25)30-26-18(3)12-17(2)13-19(26)4/h9-16H,8H2,1-7H3/b25-16-,30-29?. The Hall–Kier alpha value is -3.58. The summed E-state index contributed by atoms with van der Waals surface area (Å²) in [5.74, 6) is -0.415. The number of hydrogen-bond acceptors (Lipinski definition) is 5. The van der Waals surface area contributed by atoms with E-state index in [9.17, 15) is 9.59 Å². The average molecular weight is 502 g/mol. The highest BCUT2D eigenvalue weighted by atomic mass is 32.2. The normalized spacial score (nSPS) is 15.9. The number of thioether (sulfide) groups is 1. The van der Waals surface area contributed by atoms with Gasteiger partial charge in [0.1, 0.15) is 0 Å². The highest BCUT2D eigenvalue weighted by Crippen LogP contribution is 2.36.